The minimum absolute atomic E-state index is 0.262. The Hall–Kier alpha value is -0.870. The first-order chi connectivity index (χ1) is 8.24. The Bertz CT molecular complexity index is 347. The van der Waals surface area contributed by atoms with E-state index in [2.05, 4.69) is 30.6 Å². The topological polar surface area (TPSA) is 55.9 Å². The van der Waals surface area contributed by atoms with Gasteiger partial charge in [-0.2, -0.15) is 5.10 Å². The van der Waals surface area contributed by atoms with Crippen LogP contribution in [-0.2, 0) is 6.54 Å². The SMILES string of the molecule is CCn1cc(C(NN)C2CCCC(C)C2)cn1. The van der Waals surface area contributed by atoms with E-state index in [1.54, 1.807) is 0 Å². The average Bonchev–Trinajstić information content (AvgIpc) is 2.79. The maximum Gasteiger partial charge on any atom is 0.0538 e. The van der Waals surface area contributed by atoms with Crippen LogP contribution in [0.5, 0.6) is 0 Å². The Morgan fingerprint density at radius 2 is 2.41 bits per heavy atom. The van der Waals surface area contributed by atoms with Crippen LogP contribution in [0, 0.1) is 11.8 Å². The van der Waals surface area contributed by atoms with Crippen molar-refractivity contribution in [3.8, 4) is 0 Å². The zero-order valence-electron chi connectivity index (χ0n) is 10.9. The molecule has 3 atom stereocenters. The van der Waals surface area contributed by atoms with Crippen molar-refractivity contribution < 1.29 is 0 Å². The van der Waals surface area contributed by atoms with Crippen molar-refractivity contribution in [1.82, 2.24) is 15.2 Å². The Kier molecular flexibility index (Phi) is 4.18. The molecule has 1 fully saturated rings. The van der Waals surface area contributed by atoms with E-state index in [4.69, 9.17) is 5.84 Å². The summed E-state index contributed by atoms with van der Waals surface area (Å²) in [5.41, 5.74) is 4.22. The summed E-state index contributed by atoms with van der Waals surface area (Å²) < 4.78 is 1.96. The maximum atomic E-state index is 5.74. The van der Waals surface area contributed by atoms with Gasteiger partial charge in [-0.1, -0.05) is 19.8 Å². The molecule has 0 saturated heterocycles. The van der Waals surface area contributed by atoms with E-state index in [1.807, 2.05) is 10.9 Å². The van der Waals surface area contributed by atoms with Crippen molar-refractivity contribution in [3.63, 3.8) is 0 Å². The van der Waals surface area contributed by atoms with E-state index in [9.17, 15) is 0 Å². The molecular weight excluding hydrogens is 212 g/mol. The van der Waals surface area contributed by atoms with Gasteiger partial charge in [0.05, 0.1) is 12.2 Å². The quantitative estimate of drug-likeness (QED) is 0.622. The predicted molar refractivity (Wildman–Crippen MR) is 69.1 cm³/mol. The van der Waals surface area contributed by atoms with Crippen LogP contribution in [0.1, 0.15) is 51.1 Å². The lowest BCUT2D eigenvalue weighted by atomic mass is 9.77. The molecule has 0 aromatic carbocycles. The molecule has 0 spiro atoms. The van der Waals surface area contributed by atoms with E-state index >= 15 is 0 Å². The highest BCUT2D eigenvalue weighted by molar-refractivity contribution is 5.12. The van der Waals surface area contributed by atoms with Crippen LogP contribution >= 0.6 is 0 Å². The predicted octanol–water partition coefficient (Wildman–Crippen LogP) is 2.23. The summed E-state index contributed by atoms with van der Waals surface area (Å²) in [6.07, 6.45) is 9.30. The molecule has 3 unspecified atom stereocenters. The molecule has 4 heteroatoms. The number of nitrogens with one attached hydrogen (secondary N) is 1. The van der Waals surface area contributed by atoms with Gasteiger partial charge < -0.3 is 0 Å². The zero-order valence-corrected chi connectivity index (χ0v) is 10.9. The molecule has 2 rings (SSSR count). The minimum Gasteiger partial charge on any atom is -0.273 e. The van der Waals surface area contributed by atoms with Gasteiger partial charge >= 0.3 is 0 Å². The van der Waals surface area contributed by atoms with Crippen LogP contribution in [0.2, 0.25) is 0 Å². The van der Waals surface area contributed by atoms with Crippen molar-refractivity contribution in [2.24, 2.45) is 17.7 Å². The fourth-order valence-electron chi connectivity index (χ4n) is 3.00. The summed E-state index contributed by atoms with van der Waals surface area (Å²) in [6.45, 7) is 5.36. The Labute approximate surface area is 104 Å². The highest BCUT2D eigenvalue weighted by Gasteiger charge is 2.27. The highest BCUT2D eigenvalue weighted by atomic mass is 15.3. The first-order valence-electron chi connectivity index (χ1n) is 6.73. The van der Waals surface area contributed by atoms with Gasteiger partial charge in [-0.3, -0.25) is 16.0 Å². The fourth-order valence-corrected chi connectivity index (χ4v) is 3.00. The lowest BCUT2D eigenvalue weighted by Gasteiger charge is -2.32. The minimum atomic E-state index is 0.262. The number of hydrogen-bond donors (Lipinski definition) is 2. The number of hydrazine groups is 1. The monoisotopic (exact) mass is 236 g/mol. The fraction of sp³-hybridized carbons (Fsp3) is 0.769. The molecule has 1 heterocycles. The van der Waals surface area contributed by atoms with Crippen molar-refractivity contribution in [2.75, 3.05) is 0 Å². The molecule has 1 saturated carbocycles. The number of nitrogens with two attached hydrogens (primary N) is 1. The number of aryl methyl sites for hydroxylation is 1. The summed E-state index contributed by atoms with van der Waals surface area (Å²) in [6, 6.07) is 0.262. The van der Waals surface area contributed by atoms with Crippen molar-refractivity contribution in [2.45, 2.75) is 52.1 Å². The largest absolute Gasteiger partial charge is 0.273 e. The molecule has 0 bridgehead atoms. The van der Waals surface area contributed by atoms with E-state index in [0.29, 0.717) is 5.92 Å². The molecule has 96 valence electrons. The molecule has 0 radical (unpaired) electrons. The molecule has 1 aliphatic carbocycles. The molecule has 17 heavy (non-hydrogen) atoms. The number of hydrogen-bond acceptors (Lipinski definition) is 3. The molecule has 1 aromatic heterocycles. The Morgan fingerprint density at radius 1 is 1.59 bits per heavy atom. The summed E-state index contributed by atoms with van der Waals surface area (Å²) in [5.74, 6) is 7.22. The molecule has 1 aromatic rings. The van der Waals surface area contributed by atoms with E-state index in [1.165, 1.54) is 31.2 Å². The lowest BCUT2D eigenvalue weighted by Crippen LogP contribution is -2.35. The third kappa shape index (κ3) is 2.87. The second kappa shape index (κ2) is 5.65. The molecular formula is C13H24N4. The third-order valence-corrected chi connectivity index (χ3v) is 3.96. The molecule has 0 amide bonds. The van der Waals surface area contributed by atoms with Crippen LogP contribution in [-0.4, -0.2) is 9.78 Å². The summed E-state index contributed by atoms with van der Waals surface area (Å²) in [7, 11) is 0. The highest BCUT2D eigenvalue weighted by Crippen LogP contribution is 2.36. The summed E-state index contributed by atoms with van der Waals surface area (Å²) >= 11 is 0. The maximum absolute atomic E-state index is 5.74. The van der Waals surface area contributed by atoms with Gasteiger partial charge in [0.15, 0.2) is 0 Å². The van der Waals surface area contributed by atoms with E-state index in [0.717, 1.165) is 12.5 Å². The van der Waals surface area contributed by atoms with Gasteiger partial charge in [0.2, 0.25) is 0 Å². The van der Waals surface area contributed by atoms with Gasteiger partial charge in [0.25, 0.3) is 0 Å². The molecule has 1 aliphatic rings. The van der Waals surface area contributed by atoms with Crippen LogP contribution in [0.25, 0.3) is 0 Å². The third-order valence-electron chi connectivity index (χ3n) is 3.96. The van der Waals surface area contributed by atoms with Gasteiger partial charge in [-0.25, -0.2) is 0 Å². The second-order valence-electron chi connectivity index (χ2n) is 5.31. The van der Waals surface area contributed by atoms with Gasteiger partial charge in [-0.15, -0.1) is 0 Å². The first kappa shape index (κ1) is 12.6. The van der Waals surface area contributed by atoms with Crippen LogP contribution in [0.3, 0.4) is 0 Å². The van der Waals surface area contributed by atoms with Crippen molar-refractivity contribution >= 4 is 0 Å². The lowest BCUT2D eigenvalue weighted by molar-refractivity contribution is 0.224. The smallest absolute Gasteiger partial charge is 0.0538 e. The summed E-state index contributed by atoms with van der Waals surface area (Å²) in [5, 5.41) is 4.34. The standard InChI is InChI=1S/C13H24N4/c1-3-17-9-12(8-15-17)13(16-14)11-6-4-5-10(2)7-11/h8-11,13,16H,3-7,14H2,1-2H3. The van der Waals surface area contributed by atoms with Gasteiger partial charge in [-0.05, 0) is 31.6 Å². The normalized spacial score (nSPS) is 27.0. The van der Waals surface area contributed by atoms with Gasteiger partial charge in [0, 0.05) is 18.3 Å². The van der Waals surface area contributed by atoms with Crippen LogP contribution < -0.4 is 11.3 Å². The molecule has 4 nitrogen and oxygen atoms in total. The molecule has 3 N–H and O–H groups in total. The number of aromatic nitrogens is 2. The van der Waals surface area contributed by atoms with E-state index < -0.39 is 0 Å². The van der Waals surface area contributed by atoms with Crippen molar-refractivity contribution in [3.05, 3.63) is 18.0 Å². The van der Waals surface area contributed by atoms with Crippen LogP contribution in [0.4, 0.5) is 0 Å². The number of nitrogens with zero attached hydrogens (tertiary/aromatic N) is 2. The second-order valence-corrected chi connectivity index (χ2v) is 5.31. The number of rotatable bonds is 4. The van der Waals surface area contributed by atoms with Crippen LogP contribution in [0.15, 0.2) is 12.4 Å². The average molecular weight is 236 g/mol. The first-order valence-corrected chi connectivity index (χ1v) is 6.73. The van der Waals surface area contributed by atoms with Crippen molar-refractivity contribution in [1.29, 1.82) is 0 Å². The molecule has 0 aliphatic heterocycles. The summed E-state index contributed by atoms with van der Waals surface area (Å²) in [4.78, 5) is 0. The Balaban J connectivity index is 2.09. The van der Waals surface area contributed by atoms with Gasteiger partial charge in [0.1, 0.15) is 0 Å². The Morgan fingerprint density at radius 3 is 3.00 bits per heavy atom. The van der Waals surface area contributed by atoms with E-state index in [-0.39, 0.29) is 6.04 Å². The zero-order chi connectivity index (χ0) is 12.3.